The van der Waals surface area contributed by atoms with Crippen molar-refractivity contribution < 1.29 is 24.2 Å². The van der Waals surface area contributed by atoms with E-state index in [0.29, 0.717) is 32.5 Å². The largest absolute Gasteiger partial charge is 0.505 e. The van der Waals surface area contributed by atoms with Crippen molar-refractivity contribution in [2.24, 2.45) is 5.92 Å². The monoisotopic (exact) mass is 455 g/mol. The van der Waals surface area contributed by atoms with Gasteiger partial charge in [-0.1, -0.05) is 13.3 Å². The molecule has 2 aromatic rings. The van der Waals surface area contributed by atoms with Gasteiger partial charge in [0.05, 0.1) is 6.61 Å². The predicted molar refractivity (Wildman–Crippen MR) is 120 cm³/mol. The van der Waals surface area contributed by atoms with Crippen molar-refractivity contribution in [1.29, 1.82) is 0 Å². The van der Waals surface area contributed by atoms with Crippen LogP contribution in [0.2, 0.25) is 0 Å². The topological polar surface area (TPSA) is 134 Å². The van der Waals surface area contributed by atoms with Crippen LogP contribution < -0.4 is 10.6 Å². The fourth-order valence-electron chi connectivity index (χ4n) is 3.45. The Hall–Kier alpha value is -3.69. The molecule has 0 unspecified atom stereocenters. The number of carbonyl (C=O) groups excluding carboxylic acids is 3. The van der Waals surface area contributed by atoms with Gasteiger partial charge in [-0.2, -0.15) is 0 Å². The molecule has 0 atom stereocenters. The van der Waals surface area contributed by atoms with E-state index >= 15 is 0 Å². The second-order valence-electron chi connectivity index (χ2n) is 7.82. The van der Waals surface area contributed by atoms with E-state index in [1.54, 1.807) is 17.0 Å². The summed E-state index contributed by atoms with van der Waals surface area (Å²) in [4.78, 5) is 46.5. The fourth-order valence-corrected chi connectivity index (χ4v) is 3.45. The van der Waals surface area contributed by atoms with Crippen LogP contribution in [0.5, 0.6) is 5.75 Å². The van der Waals surface area contributed by atoms with Crippen LogP contribution in [-0.4, -0.2) is 57.6 Å². The lowest BCUT2D eigenvalue weighted by Crippen LogP contribution is -2.43. The van der Waals surface area contributed by atoms with Gasteiger partial charge in [0, 0.05) is 37.9 Å². The van der Waals surface area contributed by atoms with E-state index in [1.807, 2.05) is 6.92 Å². The average molecular weight is 456 g/mol. The van der Waals surface area contributed by atoms with Crippen molar-refractivity contribution in [1.82, 2.24) is 20.2 Å². The highest BCUT2D eigenvalue weighted by atomic mass is 16.6. The van der Waals surface area contributed by atoms with Gasteiger partial charge < -0.3 is 25.4 Å². The first-order chi connectivity index (χ1) is 16.0. The van der Waals surface area contributed by atoms with Crippen molar-refractivity contribution in [3.63, 3.8) is 0 Å². The second kappa shape index (κ2) is 11.8. The molecule has 176 valence electrons. The summed E-state index contributed by atoms with van der Waals surface area (Å²) in [7, 11) is 0. The molecule has 33 heavy (non-hydrogen) atoms. The number of hydrogen-bond acceptors (Lipinski definition) is 7. The highest BCUT2D eigenvalue weighted by Gasteiger charge is 2.27. The number of nitrogens with zero attached hydrogens (tertiary/aromatic N) is 3. The molecule has 0 aromatic carbocycles. The summed E-state index contributed by atoms with van der Waals surface area (Å²) < 4.78 is 5.23. The Balaban J connectivity index is 1.46. The van der Waals surface area contributed by atoms with Crippen LogP contribution in [0.1, 0.15) is 48.7 Å². The molecular formula is C23H29N5O5. The molecule has 0 aliphatic carbocycles. The van der Waals surface area contributed by atoms with E-state index in [0.717, 1.165) is 18.4 Å². The SMILES string of the molecule is CCCCOC(=O)N1CCC(C(=O)NCc2ccnc(NC(=O)c3ncccc3O)c2)CC1. The van der Waals surface area contributed by atoms with Gasteiger partial charge in [-0.25, -0.2) is 14.8 Å². The molecule has 10 heteroatoms. The molecule has 3 rings (SSSR count). The Labute approximate surface area is 192 Å². The molecule has 3 N–H and O–H groups in total. The van der Waals surface area contributed by atoms with Gasteiger partial charge in [0.1, 0.15) is 11.6 Å². The quantitative estimate of drug-likeness (QED) is 0.521. The lowest BCUT2D eigenvalue weighted by Gasteiger charge is -2.30. The Kier molecular flexibility index (Phi) is 8.56. The number of unbranched alkanes of at least 4 members (excludes halogenated alkanes) is 1. The van der Waals surface area contributed by atoms with Gasteiger partial charge in [0.15, 0.2) is 5.69 Å². The molecule has 0 bridgehead atoms. The van der Waals surface area contributed by atoms with E-state index < -0.39 is 5.91 Å². The van der Waals surface area contributed by atoms with Gasteiger partial charge in [-0.3, -0.25) is 9.59 Å². The summed E-state index contributed by atoms with van der Waals surface area (Å²) in [6.45, 7) is 3.73. The smallest absolute Gasteiger partial charge is 0.409 e. The van der Waals surface area contributed by atoms with Crippen molar-refractivity contribution in [3.05, 3.63) is 47.9 Å². The summed E-state index contributed by atoms with van der Waals surface area (Å²) >= 11 is 0. The van der Waals surface area contributed by atoms with Crippen molar-refractivity contribution >= 4 is 23.7 Å². The highest BCUT2D eigenvalue weighted by molar-refractivity contribution is 6.04. The molecule has 3 heterocycles. The zero-order chi connectivity index (χ0) is 23.6. The Morgan fingerprint density at radius 2 is 1.97 bits per heavy atom. The second-order valence-corrected chi connectivity index (χ2v) is 7.82. The number of amides is 3. The van der Waals surface area contributed by atoms with Gasteiger partial charge in [-0.05, 0) is 49.1 Å². The number of nitrogens with one attached hydrogen (secondary N) is 2. The molecule has 0 spiro atoms. The number of ether oxygens (including phenoxy) is 1. The molecule has 1 saturated heterocycles. The summed E-state index contributed by atoms with van der Waals surface area (Å²) in [5.41, 5.74) is 0.662. The molecule has 10 nitrogen and oxygen atoms in total. The molecule has 1 aliphatic rings. The Morgan fingerprint density at radius 3 is 2.70 bits per heavy atom. The van der Waals surface area contributed by atoms with E-state index in [1.165, 1.54) is 24.5 Å². The van der Waals surface area contributed by atoms with Crippen molar-refractivity contribution in [2.75, 3.05) is 25.0 Å². The van der Waals surface area contributed by atoms with Crippen LogP contribution in [0.25, 0.3) is 0 Å². The number of aromatic hydroxyl groups is 1. The number of likely N-dealkylation sites (tertiary alicyclic amines) is 1. The van der Waals surface area contributed by atoms with Crippen LogP contribution in [0.3, 0.4) is 0 Å². The standard InChI is InChI=1S/C23H29N5O5/c1-2-3-13-33-23(32)28-11-7-17(8-12-28)21(30)26-15-16-6-10-24-19(14-16)27-22(31)20-18(29)5-4-9-25-20/h4-6,9-10,14,17,29H,2-3,7-8,11-13,15H2,1H3,(H,26,30)(H,24,27,31). The first-order valence-corrected chi connectivity index (χ1v) is 11.1. The van der Waals surface area contributed by atoms with Crippen LogP contribution in [0, 0.1) is 5.92 Å². The molecular weight excluding hydrogens is 426 g/mol. The summed E-state index contributed by atoms with van der Waals surface area (Å²) in [5, 5.41) is 15.3. The van der Waals surface area contributed by atoms with Crippen LogP contribution in [-0.2, 0) is 16.1 Å². The van der Waals surface area contributed by atoms with E-state index in [-0.39, 0.29) is 41.7 Å². The number of anilines is 1. The minimum atomic E-state index is -0.582. The zero-order valence-corrected chi connectivity index (χ0v) is 18.6. The molecule has 0 radical (unpaired) electrons. The van der Waals surface area contributed by atoms with Crippen LogP contribution in [0.4, 0.5) is 10.6 Å². The third-order valence-electron chi connectivity index (χ3n) is 5.38. The number of piperidine rings is 1. The third-order valence-corrected chi connectivity index (χ3v) is 5.38. The lowest BCUT2D eigenvalue weighted by molar-refractivity contribution is -0.126. The first-order valence-electron chi connectivity index (χ1n) is 11.1. The van der Waals surface area contributed by atoms with Gasteiger partial charge in [0.25, 0.3) is 5.91 Å². The molecule has 0 saturated carbocycles. The number of carbonyl (C=O) groups is 3. The highest BCUT2D eigenvalue weighted by Crippen LogP contribution is 2.19. The number of pyridine rings is 2. The average Bonchev–Trinajstić information content (AvgIpc) is 2.83. The molecule has 2 aromatic heterocycles. The first kappa shape index (κ1) is 24.0. The summed E-state index contributed by atoms with van der Waals surface area (Å²) in [6.07, 6.45) is 5.60. The molecule has 1 fully saturated rings. The van der Waals surface area contributed by atoms with Crippen molar-refractivity contribution in [3.8, 4) is 5.75 Å². The zero-order valence-electron chi connectivity index (χ0n) is 18.6. The van der Waals surface area contributed by atoms with Crippen LogP contribution in [0.15, 0.2) is 36.7 Å². The van der Waals surface area contributed by atoms with Crippen molar-refractivity contribution in [2.45, 2.75) is 39.2 Å². The van der Waals surface area contributed by atoms with E-state index in [9.17, 15) is 19.5 Å². The summed E-state index contributed by atoms with van der Waals surface area (Å²) in [5.74, 6) is -0.764. The fraction of sp³-hybridized carbons (Fsp3) is 0.435. The Bertz CT molecular complexity index is 975. The maximum Gasteiger partial charge on any atom is 0.409 e. The van der Waals surface area contributed by atoms with Gasteiger partial charge in [-0.15, -0.1) is 0 Å². The van der Waals surface area contributed by atoms with Gasteiger partial charge in [0.2, 0.25) is 5.91 Å². The predicted octanol–water partition coefficient (Wildman–Crippen LogP) is 2.70. The lowest BCUT2D eigenvalue weighted by atomic mass is 9.96. The van der Waals surface area contributed by atoms with Crippen LogP contribution >= 0.6 is 0 Å². The minimum absolute atomic E-state index is 0.0743. The molecule has 3 amide bonds. The Morgan fingerprint density at radius 1 is 1.18 bits per heavy atom. The normalized spacial score (nSPS) is 13.9. The van der Waals surface area contributed by atoms with E-state index in [2.05, 4.69) is 20.6 Å². The minimum Gasteiger partial charge on any atom is -0.505 e. The summed E-state index contributed by atoms with van der Waals surface area (Å²) in [6, 6.07) is 6.29. The third kappa shape index (κ3) is 6.90. The maximum atomic E-state index is 12.6. The maximum absolute atomic E-state index is 12.6. The molecule has 1 aliphatic heterocycles. The van der Waals surface area contributed by atoms with E-state index in [4.69, 9.17) is 4.74 Å². The number of hydrogen-bond donors (Lipinski definition) is 3. The number of rotatable bonds is 8. The van der Waals surface area contributed by atoms with Gasteiger partial charge >= 0.3 is 6.09 Å². The number of aromatic nitrogens is 2.